The average Bonchev–Trinajstić information content (AvgIpc) is 3.19. The van der Waals surface area contributed by atoms with Gasteiger partial charge in [-0.3, -0.25) is 4.79 Å². The van der Waals surface area contributed by atoms with Gasteiger partial charge in [-0.2, -0.15) is 0 Å². The highest BCUT2D eigenvalue weighted by Gasteiger charge is 2.23. The number of halogens is 1. The van der Waals surface area contributed by atoms with Crippen LogP contribution >= 0.6 is 22.9 Å². The number of amides is 1. The van der Waals surface area contributed by atoms with Crippen LogP contribution in [0.5, 0.6) is 11.5 Å². The molecule has 0 unspecified atom stereocenters. The highest BCUT2D eigenvalue weighted by Crippen LogP contribution is 2.37. The summed E-state index contributed by atoms with van der Waals surface area (Å²) in [6, 6.07) is 10.9. The number of aryl methyl sites for hydroxylation is 2. The van der Waals surface area contributed by atoms with Crippen LogP contribution < -0.4 is 14.8 Å². The van der Waals surface area contributed by atoms with Crippen molar-refractivity contribution in [3.8, 4) is 22.6 Å². The summed E-state index contributed by atoms with van der Waals surface area (Å²) in [5.41, 5.74) is 3.54. The Morgan fingerprint density at radius 2 is 1.72 bits per heavy atom. The number of hydrogen-bond donors (Lipinski definition) is 1. The number of ether oxygens (including phenoxy) is 3. The van der Waals surface area contributed by atoms with E-state index < -0.39 is 5.97 Å². The number of hydrogen-bond acceptors (Lipinski definition) is 6. The molecule has 0 spiro atoms. The lowest BCUT2D eigenvalue weighted by Gasteiger charge is -2.11. The Labute approximate surface area is 196 Å². The molecule has 32 heavy (non-hydrogen) atoms. The highest BCUT2D eigenvalue weighted by atomic mass is 35.5. The van der Waals surface area contributed by atoms with Gasteiger partial charge < -0.3 is 19.5 Å². The number of rotatable bonds is 8. The van der Waals surface area contributed by atoms with Crippen molar-refractivity contribution in [2.45, 2.75) is 20.8 Å². The molecular weight excluding hydrogens is 450 g/mol. The van der Waals surface area contributed by atoms with Crippen molar-refractivity contribution in [2.75, 3.05) is 25.6 Å². The van der Waals surface area contributed by atoms with Crippen LogP contribution in [-0.4, -0.2) is 32.2 Å². The van der Waals surface area contributed by atoms with Gasteiger partial charge in [0.1, 0.15) is 22.1 Å². The maximum absolute atomic E-state index is 12.7. The Morgan fingerprint density at radius 3 is 2.31 bits per heavy atom. The third-order valence-electron chi connectivity index (χ3n) is 4.70. The van der Waals surface area contributed by atoms with Gasteiger partial charge in [0.25, 0.3) is 5.91 Å². The van der Waals surface area contributed by atoms with Crippen molar-refractivity contribution in [1.29, 1.82) is 0 Å². The fraction of sp³-hybridized carbons (Fsp3) is 0.250. The second-order valence-corrected chi connectivity index (χ2v) is 8.27. The fourth-order valence-electron chi connectivity index (χ4n) is 3.14. The molecule has 0 aliphatic rings. The summed E-state index contributed by atoms with van der Waals surface area (Å²) in [4.78, 5) is 25.2. The SMILES string of the molecule is CCOC(=O)c1c(-c2ccc(OC)cc2)csc1NC(=O)COc1cc(C)c(Cl)c(C)c1. The molecule has 0 aliphatic carbocycles. The lowest BCUT2D eigenvalue weighted by atomic mass is 10.0. The van der Waals surface area contributed by atoms with Crippen LogP contribution in [0.15, 0.2) is 41.8 Å². The average molecular weight is 474 g/mol. The maximum Gasteiger partial charge on any atom is 0.341 e. The van der Waals surface area contributed by atoms with E-state index in [4.69, 9.17) is 25.8 Å². The molecule has 0 saturated heterocycles. The molecule has 6 nitrogen and oxygen atoms in total. The molecule has 3 rings (SSSR count). The molecular formula is C24H24ClNO5S. The minimum absolute atomic E-state index is 0.210. The molecule has 0 atom stereocenters. The van der Waals surface area contributed by atoms with Gasteiger partial charge in [0.15, 0.2) is 6.61 Å². The van der Waals surface area contributed by atoms with Gasteiger partial charge in [-0.25, -0.2) is 4.79 Å². The number of carbonyl (C=O) groups is 2. The van der Waals surface area contributed by atoms with E-state index >= 15 is 0 Å². The van der Waals surface area contributed by atoms with Crippen LogP contribution in [0.3, 0.4) is 0 Å². The first-order valence-electron chi connectivity index (χ1n) is 9.96. The first kappa shape index (κ1) is 23.6. The van der Waals surface area contributed by atoms with E-state index in [1.54, 1.807) is 26.2 Å². The monoisotopic (exact) mass is 473 g/mol. The van der Waals surface area contributed by atoms with Crippen molar-refractivity contribution < 1.29 is 23.8 Å². The molecule has 8 heteroatoms. The van der Waals surface area contributed by atoms with Crippen LogP contribution in [0, 0.1) is 13.8 Å². The first-order valence-corrected chi connectivity index (χ1v) is 11.2. The zero-order valence-corrected chi connectivity index (χ0v) is 19.9. The van der Waals surface area contributed by atoms with E-state index in [9.17, 15) is 9.59 Å². The smallest absolute Gasteiger partial charge is 0.341 e. The summed E-state index contributed by atoms with van der Waals surface area (Å²) in [6.45, 7) is 5.50. The van der Waals surface area contributed by atoms with Gasteiger partial charge in [0, 0.05) is 16.0 Å². The van der Waals surface area contributed by atoms with Crippen LogP contribution in [0.1, 0.15) is 28.4 Å². The number of methoxy groups -OCH3 is 1. The van der Waals surface area contributed by atoms with Crippen molar-refractivity contribution in [3.63, 3.8) is 0 Å². The second kappa shape index (κ2) is 10.5. The summed E-state index contributed by atoms with van der Waals surface area (Å²) in [5, 5.41) is 5.67. The third-order valence-corrected chi connectivity index (χ3v) is 6.20. The summed E-state index contributed by atoms with van der Waals surface area (Å²) < 4.78 is 16.1. The van der Waals surface area contributed by atoms with Crippen LogP contribution in [0.4, 0.5) is 5.00 Å². The Hall–Kier alpha value is -3.03. The lowest BCUT2D eigenvalue weighted by Crippen LogP contribution is -2.21. The molecule has 1 aromatic heterocycles. The van der Waals surface area contributed by atoms with Crippen LogP contribution in [0.25, 0.3) is 11.1 Å². The first-order chi connectivity index (χ1) is 15.3. The number of nitrogens with one attached hydrogen (secondary N) is 1. The molecule has 1 heterocycles. The Morgan fingerprint density at radius 1 is 1.06 bits per heavy atom. The van der Waals surface area contributed by atoms with E-state index in [-0.39, 0.29) is 19.1 Å². The predicted molar refractivity (Wildman–Crippen MR) is 127 cm³/mol. The molecule has 0 bridgehead atoms. The van der Waals surface area contributed by atoms with Gasteiger partial charge in [0.2, 0.25) is 0 Å². The van der Waals surface area contributed by atoms with Crippen LogP contribution in [0.2, 0.25) is 5.02 Å². The zero-order chi connectivity index (χ0) is 23.3. The molecule has 168 valence electrons. The summed E-state index contributed by atoms with van der Waals surface area (Å²) in [7, 11) is 1.59. The Bertz CT molecular complexity index is 1100. The minimum Gasteiger partial charge on any atom is -0.497 e. The number of carbonyl (C=O) groups excluding carboxylic acids is 2. The van der Waals surface area contributed by atoms with Gasteiger partial charge >= 0.3 is 5.97 Å². The maximum atomic E-state index is 12.7. The minimum atomic E-state index is -0.500. The van der Waals surface area contributed by atoms with E-state index in [1.807, 2.05) is 43.5 Å². The number of esters is 1. The Balaban J connectivity index is 1.79. The normalized spacial score (nSPS) is 10.5. The molecule has 0 radical (unpaired) electrons. The Kier molecular flexibility index (Phi) is 7.77. The lowest BCUT2D eigenvalue weighted by molar-refractivity contribution is -0.118. The predicted octanol–water partition coefficient (Wildman–Crippen LogP) is 5.89. The number of anilines is 1. The quantitative estimate of drug-likeness (QED) is 0.413. The van der Waals surface area contributed by atoms with Crippen LogP contribution in [-0.2, 0) is 9.53 Å². The summed E-state index contributed by atoms with van der Waals surface area (Å²) in [5.74, 6) is 0.374. The molecule has 3 aromatic rings. The van der Waals surface area contributed by atoms with Gasteiger partial charge in [0.05, 0.1) is 13.7 Å². The van der Waals surface area contributed by atoms with Crippen molar-refractivity contribution >= 4 is 39.8 Å². The molecule has 2 aromatic carbocycles. The van der Waals surface area contributed by atoms with Crippen molar-refractivity contribution in [2.24, 2.45) is 0 Å². The second-order valence-electron chi connectivity index (χ2n) is 7.01. The van der Waals surface area contributed by atoms with Gasteiger partial charge in [-0.05, 0) is 61.7 Å². The summed E-state index contributed by atoms with van der Waals surface area (Å²) >= 11 is 7.43. The molecule has 0 saturated carbocycles. The van der Waals surface area contributed by atoms with Crippen molar-refractivity contribution in [1.82, 2.24) is 0 Å². The third kappa shape index (κ3) is 5.41. The van der Waals surface area contributed by atoms with E-state index in [1.165, 1.54) is 11.3 Å². The fourth-order valence-corrected chi connectivity index (χ4v) is 4.22. The number of benzene rings is 2. The van der Waals surface area contributed by atoms with Crippen molar-refractivity contribution in [3.05, 3.63) is 63.5 Å². The summed E-state index contributed by atoms with van der Waals surface area (Å²) in [6.07, 6.45) is 0. The molecule has 1 N–H and O–H groups in total. The van der Waals surface area contributed by atoms with Gasteiger partial charge in [-0.1, -0.05) is 23.7 Å². The van der Waals surface area contributed by atoms with Gasteiger partial charge in [-0.15, -0.1) is 11.3 Å². The zero-order valence-electron chi connectivity index (χ0n) is 18.3. The standard InChI is InChI=1S/C24H24ClNO5S/c1-5-30-24(28)21-19(16-6-8-17(29-4)9-7-16)13-32-23(21)26-20(27)12-31-18-10-14(2)22(25)15(3)11-18/h6-11,13H,5,12H2,1-4H3,(H,26,27). The molecule has 0 fully saturated rings. The molecule has 0 aliphatic heterocycles. The van der Waals surface area contributed by atoms with E-state index in [0.717, 1.165) is 16.7 Å². The topological polar surface area (TPSA) is 73.9 Å². The van der Waals surface area contributed by atoms with E-state index in [0.29, 0.717) is 32.6 Å². The van der Waals surface area contributed by atoms with E-state index in [2.05, 4.69) is 5.32 Å². The highest BCUT2D eigenvalue weighted by molar-refractivity contribution is 7.15. The largest absolute Gasteiger partial charge is 0.497 e. The molecule has 1 amide bonds. The number of thiophene rings is 1.